The fraction of sp³-hybridized carbons (Fsp3) is 0.333. The topological polar surface area (TPSA) is 49.4 Å². The SMILES string of the molecule is CC(=O)N[C@@H]1C(=O)N(C)c2c(C)cccc21. The maximum absolute atomic E-state index is 12.0. The number of rotatable bonds is 1. The smallest absolute Gasteiger partial charge is 0.254 e. The Balaban J connectivity index is 2.50. The van der Waals surface area contributed by atoms with Gasteiger partial charge in [-0.3, -0.25) is 9.59 Å². The highest BCUT2D eigenvalue weighted by Crippen LogP contribution is 2.36. The van der Waals surface area contributed by atoms with Crippen LogP contribution in [0.1, 0.15) is 24.1 Å². The van der Waals surface area contributed by atoms with Crippen molar-refractivity contribution in [2.75, 3.05) is 11.9 Å². The number of hydrogen-bond donors (Lipinski definition) is 1. The van der Waals surface area contributed by atoms with Gasteiger partial charge in [-0.15, -0.1) is 0 Å². The van der Waals surface area contributed by atoms with Gasteiger partial charge in [0, 0.05) is 19.5 Å². The lowest BCUT2D eigenvalue weighted by Gasteiger charge is -2.12. The number of carbonyl (C=O) groups excluding carboxylic acids is 2. The van der Waals surface area contributed by atoms with Gasteiger partial charge >= 0.3 is 0 Å². The molecule has 4 nitrogen and oxygen atoms in total. The van der Waals surface area contributed by atoms with Gasteiger partial charge in [-0.2, -0.15) is 0 Å². The van der Waals surface area contributed by atoms with Gasteiger partial charge in [-0.1, -0.05) is 18.2 Å². The Morgan fingerprint density at radius 2 is 2.12 bits per heavy atom. The summed E-state index contributed by atoms with van der Waals surface area (Å²) in [6, 6.07) is 5.20. The molecule has 1 aliphatic heterocycles. The van der Waals surface area contributed by atoms with Gasteiger partial charge in [0.15, 0.2) is 0 Å². The number of carbonyl (C=O) groups is 2. The van der Waals surface area contributed by atoms with Crippen LogP contribution in [0.15, 0.2) is 18.2 Å². The molecule has 1 aromatic rings. The van der Waals surface area contributed by atoms with E-state index >= 15 is 0 Å². The summed E-state index contributed by atoms with van der Waals surface area (Å²) in [6.07, 6.45) is 0. The molecule has 1 N–H and O–H groups in total. The van der Waals surface area contributed by atoms with Crippen molar-refractivity contribution in [2.45, 2.75) is 19.9 Å². The monoisotopic (exact) mass is 218 g/mol. The van der Waals surface area contributed by atoms with Crippen molar-refractivity contribution in [1.82, 2.24) is 5.32 Å². The number of fused-ring (bicyclic) bond motifs is 1. The zero-order valence-corrected chi connectivity index (χ0v) is 9.57. The second-order valence-electron chi connectivity index (χ2n) is 4.04. The Morgan fingerprint density at radius 1 is 1.44 bits per heavy atom. The van der Waals surface area contributed by atoms with Gasteiger partial charge in [0.1, 0.15) is 6.04 Å². The van der Waals surface area contributed by atoms with Crippen LogP contribution in [0.5, 0.6) is 0 Å². The molecule has 1 aliphatic rings. The van der Waals surface area contributed by atoms with Gasteiger partial charge in [0.05, 0.1) is 5.69 Å². The third kappa shape index (κ3) is 1.46. The number of nitrogens with zero attached hydrogens (tertiary/aromatic N) is 1. The zero-order valence-electron chi connectivity index (χ0n) is 9.57. The van der Waals surface area contributed by atoms with Crippen LogP contribution in [0.4, 0.5) is 5.69 Å². The van der Waals surface area contributed by atoms with Crippen LogP contribution in [-0.4, -0.2) is 18.9 Å². The highest BCUT2D eigenvalue weighted by molar-refractivity contribution is 6.06. The average molecular weight is 218 g/mol. The fourth-order valence-electron chi connectivity index (χ4n) is 2.15. The molecule has 1 heterocycles. The van der Waals surface area contributed by atoms with Crippen molar-refractivity contribution >= 4 is 17.5 Å². The standard InChI is InChI=1S/C12H14N2O2/c1-7-5-4-6-9-10(13-8(2)15)12(16)14(3)11(7)9/h4-6,10H,1-3H3,(H,13,15)/t10-/m0/s1. The van der Waals surface area contributed by atoms with E-state index in [0.29, 0.717) is 0 Å². The Labute approximate surface area is 94.2 Å². The number of anilines is 1. The molecule has 0 saturated carbocycles. The third-order valence-corrected chi connectivity index (χ3v) is 2.84. The molecule has 0 saturated heterocycles. The van der Waals surface area contributed by atoms with Gasteiger partial charge in [-0.05, 0) is 12.5 Å². The molecule has 0 fully saturated rings. The predicted molar refractivity (Wildman–Crippen MR) is 61.1 cm³/mol. The molecule has 0 bridgehead atoms. The van der Waals surface area contributed by atoms with Crippen LogP contribution >= 0.6 is 0 Å². The Kier molecular flexibility index (Phi) is 2.42. The Morgan fingerprint density at radius 3 is 2.75 bits per heavy atom. The lowest BCUT2D eigenvalue weighted by Crippen LogP contribution is -2.34. The van der Waals surface area contributed by atoms with Gasteiger partial charge in [-0.25, -0.2) is 0 Å². The minimum absolute atomic E-state index is 0.0838. The maximum Gasteiger partial charge on any atom is 0.254 e. The van der Waals surface area contributed by atoms with E-state index in [9.17, 15) is 9.59 Å². The third-order valence-electron chi connectivity index (χ3n) is 2.84. The van der Waals surface area contributed by atoms with Crippen molar-refractivity contribution < 1.29 is 9.59 Å². The van der Waals surface area contributed by atoms with Crippen molar-refractivity contribution in [3.63, 3.8) is 0 Å². The average Bonchev–Trinajstić information content (AvgIpc) is 2.44. The summed E-state index contributed by atoms with van der Waals surface area (Å²) in [4.78, 5) is 24.6. The summed E-state index contributed by atoms with van der Waals surface area (Å²) in [5.41, 5.74) is 2.83. The van der Waals surface area contributed by atoms with Crippen LogP contribution in [0.3, 0.4) is 0 Å². The molecule has 0 aromatic heterocycles. The molecule has 0 spiro atoms. The van der Waals surface area contributed by atoms with Crippen LogP contribution in [0, 0.1) is 6.92 Å². The number of nitrogens with one attached hydrogen (secondary N) is 1. The summed E-state index contributed by atoms with van der Waals surface area (Å²) >= 11 is 0. The molecule has 0 aliphatic carbocycles. The largest absolute Gasteiger partial charge is 0.341 e. The Hall–Kier alpha value is -1.84. The first-order chi connectivity index (χ1) is 7.52. The van der Waals surface area contributed by atoms with Crippen molar-refractivity contribution in [1.29, 1.82) is 0 Å². The number of amides is 2. The van der Waals surface area contributed by atoms with Crippen molar-refractivity contribution in [3.05, 3.63) is 29.3 Å². The lowest BCUT2D eigenvalue weighted by molar-refractivity contribution is -0.125. The quantitative estimate of drug-likeness (QED) is 0.768. The van der Waals surface area contributed by atoms with E-state index in [0.717, 1.165) is 16.8 Å². The van der Waals surface area contributed by atoms with E-state index in [1.165, 1.54) is 6.92 Å². The highest BCUT2D eigenvalue weighted by atomic mass is 16.2. The van der Waals surface area contributed by atoms with E-state index in [-0.39, 0.29) is 11.8 Å². The first-order valence-electron chi connectivity index (χ1n) is 5.16. The maximum atomic E-state index is 12.0. The van der Waals surface area contributed by atoms with E-state index in [1.54, 1.807) is 11.9 Å². The van der Waals surface area contributed by atoms with Crippen LogP contribution < -0.4 is 10.2 Å². The number of hydrogen-bond acceptors (Lipinski definition) is 2. The normalized spacial score (nSPS) is 18.6. The lowest BCUT2D eigenvalue weighted by atomic mass is 10.1. The molecule has 2 rings (SSSR count). The van der Waals surface area contributed by atoms with Crippen molar-refractivity contribution in [3.8, 4) is 0 Å². The summed E-state index contributed by atoms with van der Waals surface area (Å²) in [5.74, 6) is -0.277. The molecule has 2 amide bonds. The summed E-state index contributed by atoms with van der Waals surface area (Å²) in [5, 5.41) is 2.68. The van der Waals surface area contributed by atoms with Gasteiger partial charge in [0.25, 0.3) is 5.91 Å². The number of benzene rings is 1. The van der Waals surface area contributed by atoms with E-state index in [2.05, 4.69) is 5.32 Å². The molecule has 4 heteroatoms. The van der Waals surface area contributed by atoms with E-state index < -0.39 is 6.04 Å². The first kappa shape index (κ1) is 10.7. The van der Waals surface area contributed by atoms with Crippen LogP contribution in [0.25, 0.3) is 0 Å². The highest BCUT2D eigenvalue weighted by Gasteiger charge is 2.36. The second kappa shape index (κ2) is 3.63. The Bertz CT molecular complexity index is 468. The summed E-state index contributed by atoms with van der Waals surface area (Å²) in [6.45, 7) is 3.37. The molecule has 0 unspecified atom stereocenters. The predicted octanol–water partition coefficient (Wildman–Crippen LogP) is 1.15. The van der Waals surface area contributed by atoms with Crippen LogP contribution in [-0.2, 0) is 9.59 Å². The number of likely N-dealkylation sites (N-methyl/N-ethyl adjacent to an activating group) is 1. The molecular formula is C12H14N2O2. The van der Waals surface area contributed by atoms with E-state index in [4.69, 9.17) is 0 Å². The second-order valence-corrected chi connectivity index (χ2v) is 4.04. The van der Waals surface area contributed by atoms with Gasteiger partial charge in [0.2, 0.25) is 5.91 Å². The number of para-hydroxylation sites is 1. The first-order valence-corrected chi connectivity index (χ1v) is 5.16. The fourth-order valence-corrected chi connectivity index (χ4v) is 2.15. The molecular weight excluding hydrogens is 204 g/mol. The van der Waals surface area contributed by atoms with Crippen LogP contribution in [0.2, 0.25) is 0 Å². The minimum atomic E-state index is -0.530. The minimum Gasteiger partial charge on any atom is -0.341 e. The van der Waals surface area contributed by atoms with Crippen molar-refractivity contribution in [2.24, 2.45) is 0 Å². The van der Waals surface area contributed by atoms with E-state index in [1.807, 2.05) is 25.1 Å². The molecule has 16 heavy (non-hydrogen) atoms. The zero-order chi connectivity index (χ0) is 11.9. The summed E-state index contributed by atoms with van der Waals surface area (Å²) in [7, 11) is 1.73. The molecule has 1 aromatic carbocycles. The molecule has 0 radical (unpaired) electrons. The molecule has 1 atom stereocenters. The molecule has 84 valence electrons. The number of aryl methyl sites for hydroxylation is 1. The van der Waals surface area contributed by atoms with Gasteiger partial charge < -0.3 is 10.2 Å². The summed E-state index contributed by atoms with van der Waals surface area (Å²) < 4.78 is 0.